The fraction of sp³-hybridized carbons (Fsp3) is 0.118. The Hall–Kier alpha value is -2.77. The predicted molar refractivity (Wildman–Crippen MR) is 77.8 cm³/mol. The van der Waals surface area contributed by atoms with Crippen LogP contribution in [0.5, 0.6) is 0 Å². The molecule has 0 saturated carbocycles. The highest BCUT2D eigenvalue weighted by atomic mass is 19.4. The predicted octanol–water partition coefficient (Wildman–Crippen LogP) is 5.08. The summed E-state index contributed by atoms with van der Waals surface area (Å²) in [6.45, 7) is 0. The molecular formula is C17H8F6O2. The zero-order valence-electron chi connectivity index (χ0n) is 12.2. The van der Waals surface area contributed by atoms with Crippen LogP contribution < -0.4 is 0 Å². The summed E-state index contributed by atoms with van der Waals surface area (Å²) in [5, 5.41) is 8.97. The third kappa shape index (κ3) is 2.32. The zero-order chi connectivity index (χ0) is 18.6. The van der Waals surface area contributed by atoms with Crippen LogP contribution in [0.25, 0.3) is 21.5 Å². The molecule has 0 spiro atoms. The monoisotopic (exact) mass is 358 g/mol. The van der Waals surface area contributed by atoms with Crippen molar-refractivity contribution in [2.45, 2.75) is 11.8 Å². The van der Waals surface area contributed by atoms with E-state index in [1.54, 1.807) is 18.2 Å². The van der Waals surface area contributed by atoms with E-state index in [0.717, 1.165) is 6.07 Å². The summed E-state index contributed by atoms with van der Waals surface area (Å²) in [6, 6.07) is 9.23. The maximum Gasteiger partial charge on any atom is 0.438 e. The van der Waals surface area contributed by atoms with Gasteiger partial charge in [0.15, 0.2) is 0 Å². The van der Waals surface area contributed by atoms with Crippen molar-refractivity contribution in [2.24, 2.45) is 0 Å². The van der Waals surface area contributed by atoms with Crippen LogP contribution in [0.2, 0.25) is 0 Å². The first-order valence-corrected chi connectivity index (χ1v) is 6.88. The Kier molecular flexibility index (Phi) is 3.66. The van der Waals surface area contributed by atoms with E-state index in [0.29, 0.717) is 16.8 Å². The maximum atomic E-state index is 14.6. The lowest BCUT2D eigenvalue weighted by atomic mass is 9.90. The van der Waals surface area contributed by atoms with Crippen molar-refractivity contribution in [1.82, 2.24) is 0 Å². The molecule has 3 aromatic carbocycles. The number of aliphatic carboxylic acids is 1. The molecule has 3 aromatic rings. The Morgan fingerprint density at radius 1 is 0.880 bits per heavy atom. The van der Waals surface area contributed by atoms with Crippen molar-refractivity contribution in [3.05, 3.63) is 59.7 Å². The number of hydrogen-bond donors (Lipinski definition) is 1. The van der Waals surface area contributed by atoms with Crippen LogP contribution >= 0.6 is 0 Å². The molecule has 2 nitrogen and oxygen atoms in total. The summed E-state index contributed by atoms with van der Waals surface area (Å²) in [4.78, 5) is 10.9. The van der Waals surface area contributed by atoms with Gasteiger partial charge in [0.05, 0.1) is 5.56 Å². The molecular weight excluding hydrogens is 350 g/mol. The van der Waals surface area contributed by atoms with E-state index in [2.05, 4.69) is 0 Å². The second kappa shape index (κ2) is 5.37. The molecule has 130 valence electrons. The summed E-state index contributed by atoms with van der Waals surface area (Å²) in [5.41, 5.74) is -7.39. The Balaban J connectivity index is 2.46. The van der Waals surface area contributed by atoms with Gasteiger partial charge in [0.2, 0.25) is 0 Å². The van der Waals surface area contributed by atoms with E-state index in [-0.39, 0.29) is 5.39 Å². The molecule has 8 heteroatoms. The topological polar surface area (TPSA) is 37.3 Å². The van der Waals surface area contributed by atoms with Crippen molar-refractivity contribution in [3.8, 4) is 0 Å². The minimum absolute atomic E-state index is 0.0910. The van der Waals surface area contributed by atoms with Crippen LogP contribution in [-0.4, -0.2) is 17.3 Å². The van der Waals surface area contributed by atoms with E-state index in [1.807, 2.05) is 0 Å². The number of rotatable bonds is 2. The van der Waals surface area contributed by atoms with E-state index in [4.69, 9.17) is 5.11 Å². The normalized spacial score (nSPS) is 14.6. The van der Waals surface area contributed by atoms with Crippen molar-refractivity contribution in [3.63, 3.8) is 0 Å². The maximum absolute atomic E-state index is 14.6. The number of benzene rings is 3. The second-order valence-electron chi connectivity index (χ2n) is 5.39. The molecule has 1 atom stereocenters. The summed E-state index contributed by atoms with van der Waals surface area (Å²) >= 11 is 0. The van der Waals surface area contributed by atoms with Gasteiger partial charge in [-0.25, -0.2) is 18.0 Å². The summed E-state index contributed by atoms with van der Waals surface area (Å²) in [7, 11) is 0. The molecule has 1 N–H and O–H groups in total. The number of carbonyl (C=O) groups is 1. The number of halogens is 6. The van der Waals surface area contributed by atoms with Crippen molar-refractivity contribution in [2.75, 3.05) is 0 Å². The molecule has 0 saturated heterocycles. The second-order valence-corrected chi connectivity index (χ2v) is 5.39. The van der Waals surface area contributed by atoms with Crippen LogP contribution in [0.1, 0.15) is 5.56 Å². The molecule has 0 aliphatic carbocycles. The van der Waals surface area contributed by atoms with Crippen molar-refractivity contribution in [1.29, 1.82) is 0 Å². The van der Waals surface area contributed by atoms with Crippen molar-refractivity contribution < 1.29 is 36.2 Å². The largest absolute Gasteiger partial charge is 0.478 e. The SMILES string of the molecule is O=C(O)C(F)(c1c(F)cc2c(ccc3ccccc32)c1F)C(F)(F)F. The molecule has 3 rings (SSSR count). The molecule has 0 aliphatic rings. The number of carboxylic acid groups (broad SMARTS) is 1. The van der Waals surface area contributed by atoms with Crippen LogP contribution in [0.15, 0.2) is 42.5 Å². The van der Waals surface area contributed by atoms with E-state index in [1.165, 1.54) is 12.1 Å². The van der Waals surface area contributed by atoms with Gasteiger partial charge in [-0.1, -0.05) is 36.4 Å². The highest BCUT2D eigenvalue weighted by molar-refractivity contribution is 6.08. The molecule has 0 bridgehead atoms. The Morgan fingerprint density at radius 2 is 1.52 bits per heavy atom. The van der Waals surface area contributed by atoms with Gasteiger partial charge < -0.3 is 5.11 Å². The summed E-state index contributed by atoms with van der Waals surface area (Å²) in [6.07, 6.45) is -6.05. The molecule has 0 aliphatic heterocycles. The molecule has 0 fully saturated rings. The first kappa shape index (κ1) is 17.1. The molecule has 0 amide bonds. The van der Waals surface area contributed by atoms with Gasteiger partial charge >= 0.3 is 17.8 Å². The minimum atomic E-state index is -6.05. The number of carboxylic acids is 1. The Bertz CT molecular complexity index is 1010. The van der Waals surface area contributed by atoms with Gasteiger partial charge in [0.25, 0.3) is 0 Å². The van der Waals surface area contributed by atoms with Crippen molar-refractivity contribution >= 4 is 27.5 Å². The van der Waals surface area contributed by atoms with E-state index >= 15 is 0 Å². The van der Waals surface area contributed by atoms with E-state index in [9.17, 15) is 31.1 Å². The van der Waals surface area contributed by atoms with Crippen LogP contribution in [0, 0.1) is 11.6 Å². The van der Waals surface area contributed by atoms with E-state index < -0.39 is 40.4 Å². The third-order valence-corrected chi connectivity index (χ3v) is 3.97. The molecule has 0 radical (unpaired) electrons. The van der Waals surface area contributed by atoms with Gasteiger partial charge in [-0.05, 0) is 22.2 Å². The van der Waals surface area contributed by atoms with Gasteiger partial charge in [-0.3, -0.25) is 0 Å². The lowest BCUT2D eigenvalue weighted by molar-refractivity contribution is -0.241. The lowest BCUT2D eigenvalue weighted by Crippen LogP contribution is -2.46. The minimum Gasteiger partial charge on any atom is -0.478 e. The average Bonchev–Trinajstić information content (AvgIpc) is 2.53. The number of hydrogen-bond acceptors (Lipinski definition) is 1. The average molecular weight is 358 g/mol. The van der Waals surface area contributed by atoms with Gasteiger partial charge in [-0.2, -0.15) is 13.2 Å². The molecule has 0 aromatic heterocycles. The van der Waals surface area contributed by atoms with Gasteiger partial charge in [-0.15, -0.1) is 0 Å². The molecule has 1 unspecified atom stereocenters. The number of fused-ring (bicyclic) bond motifs is 3. The quantitative estimate of drug-likeness (QED) is 0.512. The van der Waals surface area contributed by atoms with Gasteiger partial charge in [0, 0.05) is 5.39 Å². The summed E-state index contributed by atoms with van der Waals surface area (Å²) in [5.74, 6) is -6.87. The smallest absolute Gasteiger partial charge is 0.438 e. The molecule has 0 heterocycles. The zero-order valence-corrected chi connectivity index (χ0v) is 12.2. The number of alkyl halides is 4. The highest BCUT2D eigenvalue weighted by Crippen LogP contribution is 2.46. The fourth-order valence-electron chi connectivity index (χ4n) is 2.77. The first-order chi connectivity index (χ1) is 11.6. The molecule has 25 heavy (non-hydrogen) atoms. The van der Waals surface area contributed by atoms with Crippen LogP contribution in [-0.2, 0) is 10.5 Å². The fourth-order valence-corrected chi connectivity index (χ4v) is 2.77. The summed E-state index contributed by atoms with van der Waals surface area (Å²) < 4.78 is 82.1. The van der Waals surface area contributed by atoms with Crippen LogP contribution in [0.4, 0.5) is 26.3 Å². The lowest BCUT2D eigenvalue weighted by Gasteiger charge is -2.25. The highest BCUT2D eigenvalue weighted by Gasteiger charge is 2.66. The van der Waals surface area contributed by atoms with Crippen LogP contribution in [0.3, 0.4) is 0 Å². The standard InChI is InChI=1S/C17H8F6O2/c18-12-7-11-9-4-2-1-3-8(9)5-6-10(11)14(19)13(12)16(20,15(24)25)17(21,22)23/h1-7H,(H,24,25). The third-order valence-electron chi connectivity index (χ3n) is 3.97. The van der Waals surface area contributed by atoms with Gasteiger partial charge in [0.1, 0.15) is 11.6 Å². The first-order valence-electron chi connectivity index (χ1n) is 6.88. The Morgan fingerprint density at radius 3 is 2.12 bits per heavy atom. The Labute approximate surface area is 136 Å².